The fourth-order valence-electron chi connectivity index (χ4n) is 2.69. The van der Waals surface area contributed by atoms with E-state index in [0.29, 0.717) is 12.2 Å². The third kappa shape index (κ3) is 2.97. The van der Waals surface area contributed by atoms with Gasteiger partial charge in [-0.2, -0.15) is 5.10 Å². The summed E-state index contributed by atoms with van der Waals surface area (Å²) in [5.41, 5.74) is 1.62. The van der Waals surface area contributed by atoms with E-state index in [1.54, 1.807) is 17.1 Å². The minimum Gasteiger partial charge on any atom is -0.325 e. The Hall–Kier alpha value is -2.63. The van der Waals surface area contributed by atoms with E-state index >= 15 is 0 Å². The standard InChI is InChI=1S/C17H20N4O2/c1-3-12(2)15-16(22)21(17(23)19-15)14-9-18-20(11-14)10-13-7-5-4-6-8-13/h4-9,11-12,15H,3,10H2,1-2H3,(H,19,23)/t12-,15-/m0/s1. The molecule has 6 heteroatoms. The van der Waals surface area contributed by atoms with Gasteiger partial charge in [0.2, 0.25) is 0 Å². The highest BCUT2D eigenvalue weighted by molar-refractivity contribution is 6.21. The molecule has 0 radical (unpaired) electrons. The Morgan fingerprint density at radius 1 is 1.26 bits per heavy atom. The van der Waals surface area contributed by atoms with Crippen molar-refractivity contribution in [1.29, 1.82) is 0 Å². The number of hydrogen-bond acceptors (Lipinski definition) is 3. The summed E-state index contributed by atoms with van der Waals surface area (Å²) in [7, 11) is 0. The van der Waals surface area contributed by atoms with Crippen LogP contribution in [0.1, 0.15) is 25.8 Å². The van der Waals surface area contributed by atoms with Gasteiger partial charge in [0, 0.05) is 6.20 Å². The van der Waals surface area contributed by atoms with E-state index in [2.05, 4.69) is 10.4 Å². The lowest BCUT2D eigenvalue weighted by Crippen LogP contribution is -2.35. The lowest BCUT2D eigenvalue weighted by molar-refractivity contribution is -0.119. The van der Waals surface area contributed by atoms with Crippen molar-refractivity contribution in [1.82, 2.24) is 15.1 Å². The van der Waals surface area contributed by atoms with E-state index in [-0.39, 0.29) is 17.9 Å². The third-order valence-electron chi connectivity index (χ3n) is 4.25. The van der Waals surface area contributed by atoms with Gasteiger partial charge in [-0.3, -0.25) is 9.48 Å². The van der Waals surface area contributed by atoms with E-state index in [4.69, 9.17) is 0 Å². The molecule has 1 aliphatic rings. The molecule has 1 saturated heterocycles. The highest BCUT2D eigenvalue weighted by Crippen LogP contribution is 2.23. The number of imide groups is 1. The van der Waals surface area contributed by atoms with Crippen LogP contribution >= 0.6 is 0 Å². The lowest BCUT2D eigenvalue weighted by Gasteiger charge is -2.15. The van der Waals surface area contributed by atoms with Crippen LogP contribution < -0.4 is 10.2 Å². The average Bonchev–Trinajstić information content (AvgIpc) is 3.12. The van der Waals surface area contributed by atoms with Crippen LogP contribution in [0, 0.1) is 5.92 Å². The molecule has 0 unspecified atom stereocenters. The summed E-state index contributed by atoms with van der Waals surface area (Å²) in [6, 6.07) is 9.08. The molecule has 0 spiro atoms. The molecule has 23 heavy (non-hydrogen) atoms. The average molecular weight is 312 g/mol. The van der Waals surface area contributed by atoms with Gasteiger partial charge >= 0.3 is 6.03 Å². The molecule has 1 fully saturated rings. The highest BCUT2D eigenvalue weighted by atomic mass is 16.2. The van der Waals surface area contributed by atoms with Crippen LogP contribution in [0.4, 0.5) is 10.5 Å². The Labute approximate surface area is 135 Å². The van der Waals surface area contributed by atoms with Crippen molar-refractivity contribution < 1.29 is 9.59 Å². The Kier molecular flexibility index (Phi) is 4.14. The maximum absolute atomic E-state index is 12.5. The summed E-state index contributed by atoms with van der Waals surface area (Å²) in [5.74, 6) is -0.0978. The van der Waals surface area contributed by atoms with Gasteiger partial charge in [0.15, 0.2) is 0 Å². The summed E-state index contributed by atoms with van der Waals surface area (Å²) in [4.78, 5) is 25.8. The van der Waals surface area contributed by atoms with E-state index in [0.717, 1.165) is 12.0 Å². The van der Waals surface area contributed by atoms with E-state index < -0.39 is 6.04 Å². The molecule has 1 aliphatic heterocycles. The van der Waals surface area contributed by atoms with Crippen molar-refractivity contribution in [2.24, 2.45) is 5.92 Å². The molecule has 1 aromatic heterocycles. The molecule has 120 valence electrons. The van der Waals surface area contributed by atoms with Crippen molar-refractivity contribution in [3.63, 3.8) is 0 Å². The fourth-order valence-corrected chi connectivity index (χ4v) is 2.69. The molecule has 3 amide bonds. The van der Waals surface area contributed by atoms with Gasteiger partial charge in [0.05, 0.1) is 18.4 Å². The van der Waals surface area contributed by atoms with Gasteiger partial charge < -0.3 is 5.32 Å². The molecule has 2 aromatic rings. The van der Waals surface area contributed by atoms with Gasteiger partial charge in [0.1, 0.15) is 6.04 Å². The number of rotatable bonds is 5. The Bertz CT molecular complexity index is 710. The maximum Gasteiger partial charge on any atom is 0.329 e. The Balaban J connectivity index is 1.77. The van der Waals surface area contributed by atoms with Crippen molar-refractivity contribution in [3.8, 4) is 0 Å². The smallest absolute Gasteiger partial charge is 0.325 e. The number of hydrogen-bond donors (Lipinski definition) is 1. The number of carbonyl (C=O) groups excluding carboxylic acids is 2. The predicted molar refractivity (Wildman–Crippen MR) is 87.0 cm³/mol. The molecule has 1 aromatic carbocycles. The third-order valence-corrected chi connectivity index (χ3v) is 4.25. The Morgan fingerprint density at radius 2 is 2.00 bits per heavy atom. The van der Waals surface area contributed by atoms with Crippen LogP contribution in [-0.4, -0.2) is 27.8 Å². The van der Waals surface area contributed by atoms with Crippen molar-refractivity contribution in [2.75, 3.05) is 4.90 Å². The summed E-state index contributed by atoms with van der Waals surface area (Å²) in [5, 5.41) is 7.02. The summed E-state index contributed by atoms with van der Waals surface area (Å²) >= 11 is 0. The Morgan fingerprint density at radius 3 is 2.70 bits per heavy atom. The fraction of sp³-hybridized carbons (Fsp3) is 0.353. The number of nitrogens with one attached hydrogen (secondary N) is 1. The first-order chi connectivity index (χ1) is 11.1. The second-order valence-electron chi connectivity index (χ2n) is 5.87. The predicted octanol–water partition coefficient (Wildman–Crippen LogP) is 2.40. The molecule has 3 rings (SSSR count). The van der Waals surface area contributed by atoms with Gasteiger partial charge in [-0.25, -0.2) is 9.69 Å². The van der Waals surface area contributed by atoms with Crippen LogP contribution in [0.2, 0.25) is 0 Å². The van der Waals surface area contributed by atoms with Crippen LogP contribution in [0.15, 0.2) is 42.7 Å². The van der Waals surface area contributed by atoms with Crippen LogP contribution in [0.25, 0.3) is 0 Å². The van der Waals surface area contributed by atoms with Crippen molar-refractivity contribution in [3.05, 3.63) is 48.3 Å². The first kappa shape index (κ1) is 15.3. The number of anilines is 1. The monoisotopic (exact) mass is 312 g/mol. The summed E-state index contributed by atoms with van der Waals surface area (Å²) < 4.78 is 1.72. The lowest BCUT2D eigenvalue weighted by atomic mass is 9.99. The van der Waals surface area contributed by atoms with Gasteiger partial charge in [-0.15, -0.1) is 0 Å². The quantitative estimate of drug-likeness (QED) is 0.862. The van der Waals surface area contributed by atoms with Crippen molar-refractivity contribution >= 4 is 17.6 Å². The molecule has 6 nitrogen and oxygen atoms in total. The normalized spacial score (nSPS) is 19.0. The molecule has 0 saturated carbocycles. The molecule has 1 N–H and O–H groups in total. The highest BCUT2D eigenvalue weighted by Gasteiger charge is 2.41. The molecule has 2 heterocycles. The number of aromatic nitrogens is 2. The van der Waals surface area contributed by atoms with Gasteiger partial charge in [-0.1, -0.05) is 50.6 Å². The molecule has 2 atom stereocenters. The van der Waals surface area contributed by atoms with Crippen LogP contribution in [0.5, 0.6) is 0 Å². The van der Waals surface area contributed by atoms with E-state index in [1.807, 2.05) is 44.2 Å². The largest absolute Gasteiger partial charge is 0.329 e. The minimum absolute atomic E-state index is 0.107. The minimum atomic E-state index is -0.454. The molecular formula is C17H20N4O2. The van der Waals surface area contributed by atoms with Crippen molar-refractivity contribution in [2.45, 2.75) is 32.9 Å². The number of benzene rings is 1. The summed E-state index contributed by atoms with van der Waals surface area (Å²) in [6.07, 6.45) is 4.11. The van der Waals surface area contributed by atoms with E-state index in [1.165, 1.54) is 4.90 Å². The van der Waals surface area contributed by atoms with Gasteiger partial charge in [0.25, 0.3) is 5.91 Å². The second kappa shape index (κ2) is 6.24. The first-order valence-electron chi connectivity index (χ1n) is 7.81. The topological polar surface area (TPSA) is 67.2 Å². The molecular weight excluding hydrogens is 292 g/mol. The molecule has 0 bridgehead atoms. The maximum atomic E-state index is 12.5. The SMILES string of the molecule is CC[C@H](C)[C@@H]1NC(=O)N(c2cnn(Cc3ccccc3)c2)C1=O. The second-order valence-corrected chi connectivity index (χ2v) is 5.87. The number of amides is 3. The number of carbonyl (C=O) groups is 2. The zero-order chi connectivity index (χ0) is 16.4. The first-order valence-corrected chi connectivity index (χ1v) is 7.81. The molecule has 0 aliphatic carbocycles. The summed E-state index contributed by atoms with van der Waals surface area (Å²) in [6.45, 7) is 4.56. The number of nitrogens with zero attached hydrogens (tertiary/aromatic N) is 3. The van der Waals surface area contributed by atoms with E-state index in [9.17, 15) is 9.59 Å². The van der Waals surface area contributed by atoms with Crippen LogP contribution in [-0.2, 0) is 11.3 Å². The zero-order valence-electron chi connectivity index (χ0n) is 13.3. The van der Waals surface area contributed by atoms with Gasteiger partial charge in [-0.05, 0) is 11.5 Å². The van der Waals surface area contributed by atoms with Crippen LogP contribution in [0.3, 0.4) is 0 Å². The zero-order valence-corrected chi connectivity index (χ0v) is 13.3. The number of urea groups is 1.